The molecule has 0 saturated heterocycles. The van der Waals surface area contributed by atoms with Gasteiger partial charge in [0, 0.05) is 76.5 Å². The first kappa shape index (κ1) is 47.3. The molecule has 4 heterocycles. The average molecular weight is 954 g/mol. The van der Waals surface area contributed by atoms with Crippen molar-refractivity contribution >= 4 is 51.5 Å². The van der Waals surface area contributed by atoms with E-state index in [0.29, 0.717) is 45.1 Å². The summed E-state index contributed by atoms with van der Waals surface area (Å²) in [6, 6.07) is 29.9. The minimum atomic E-state index is -4.60. The van der Waals surface area contributed by atoms with Gasteiger partial charge in [-0.2, -0.15) is 31.3 Å². The number of carbonyl (C=O) groups excluding carboxylic acids is 2. The maximum absolute atomic E-state index is 13.6. The zero-order valence-electron chi connectivity index (χ0n) is 36.7. The van der Waals surface area contributed by atoms with Crippen LogP contribution in [0, 0.1) is 13.8 Å². The third-order valence-electron chi connectivity index (χ3n) is 10.3. The second-order valence-electron chi connectivity index (χ2n) is 15.4. The molecule has 20 heteroatoms. The van der Waals surface area contributed by atoms with Gasteiger partial charge < -0.3 is 31.0 Å². The SMILES string of the molecule is Cc1cn(-c2cc(NC(=O)c3ccc(C)c(Nc4nccc(-c5cccnc5)n4)c3)cc(C(F)(F)F)c2)cn1.Nc1nccc(Oc2ccc3c(C(=O)Nc4cccc(C(F)(F)F)c4)cccc3c2)n1. The summed E-state index contributed by atoms with van der Waals surface area (Å²) < 4.78 is 86.7. The summed E-state index contributed by atoms with van der Waals surface area (Å²) in [5.41, 5.74) is 8.16. The van der Waals surface area contributed by atoms with Crippen molar-refractivity contribution in [3.8, 4) is 28.6 Å². The Labute approximate surface area is 394 Å². The number of aromatic nitrogens is 7. The molecule has 0 aliphatic carbocycles. The molecule has 0 saturated carbocycles. The van der Waals surface area contributed by atoms with E-state index in [1.165, 1.54) is 35.3 Å². The first-order chi connectivity index (χ1) is 33.4. The van der Waals surface area contributed by atoms with Crippen LogP contribution in [-0.4, -0.2) is 46.3 Å². The second-order valence-corrected chi connectivity index (χ2v) is 15.4. The summed E-state index contributed by atoms with van der Waals surface area (Å²) in [6.07, 6.45) is 0.356. The number of carbonyl (C=O) groups is 2. The topological polar surface area (TPSA) is 188 Å². The lowest BCUT2D eigenvalue weighted by atomic mass is 10.0. The Morgan fingerprint density at radius 2 is 1.46 bits per heavy atom. The fraction of sp³-hybridized carbons (Fsp3) is 0.0800. The highest BCUT2D eigenvalue weighted by atomic mass is 19.4. The van der Waals surface area contributed by atoms with E-state index >= 15 is 0 Å². The van der Waals surface area contributed by atoms with E-state index in [1.54, 1.807) is 105 Å². The van der Waals surface area contributed by atoms with Crippen LogP contribution in [0.25, 0.3) is 27.7 Å². The normalized spacial score (nSPS) is 11.3. The number of aryl methyl sites for hydroxylation is 2. The summed E-state index contributed by atoms with van der Waals surface area (Å²) in [5, 5.41) is 9.55. The molecule has 2 amide bonds. The van der Waals surface area contributed by atoms with Crippen LogP contribution in [0.1, 0.15) is 43.1 Å². The Morgan fingerprint density at radius 3 is 2.20 bits per heavy atom. The molecule has 0 radical (unpaired) electrons. The summed E-state index contributed by atoms with van der Waals surface area (Å²) in [5.74, 6) is 0.0330. The minimum Gasteiger partial charge on any atom is -0.439 e. The Kier molecular flexibility index (Phi) is 13.5. The molecule has 352 valence electrons. The zero-order valence-corrected chi connectivity index (χ0v) is 36.7. The maximum Gasteiger partial charge on any atom is 0.416 e. The summed E-state index contributed by atoms with van der Waals surface area (Å²) in [4.78, 5) is 50.6. The molecule has 5 N–H and O–H groups in total. The molecule has 0 unspecified atom stereocenters. The standard InChI is InChI=1S/C28H22F3N7O.C22H15F3N4O2/c1-17-5-6-19(10-25(17)37-27-33-9-7-24(36-27)20-4-3-8-32-14-20)26(39)35-22-11-21(28(29,30)31)12-23(13-22)38-15-18(2)34-16-38;23-22(24,25)14-4-2-5-15(12-14)28-20(30)18-6-1-3-13-11-16(7-8-17(13)18)31-19-9-10-27-21(26)29-19/h3-16H,1-2H3,(H,35,39)(H,33,36,37);1-12H,(H,28,30)(H2,26,27,29). The molecule has 0 fully saturated rings. The van der Waals surface area contributed by atoms with Crippen molar-refractivity contribution in [2.45, 2.75) is 26.2 Å². The molecular formula is C50H37F6N11O3. The van der Waals surface area contributed by atoms with E-state index in [4.69, 9.17) is 10.5 Å². The number of hydrogen-bond acceptors (Lipinski definition) is 11. The number of hydrogen-bond donors (Lipinski definition) is 4. The number of alkyl halides is 6. The first-order valence-electron chi connectivity index (χ1n) is 20.9. The number of nitrogens with one attached hydrogen (secondary N) is 3. The monoisotopic (exact) mass is 953 g/mol. The van der Waals surface area contributed by atoms with E-state index in [2.05, 4.69) is 45.9 Å². The van der Waals surface area contributed by atoms with E-state index < -0.39 is 35.3 Å². The molecule has 5 aromatic carbocycles. The van der Waals surface area contributed by atoms with Crippen molar-refractivity contribution in [2.75, 3.05) is 21.7 Å². The van der Waals surface area contributed by atoms with E-state index in [1.807, 2.05) is 13.0 Å². The Bertz CT molecular complexity index is 3370. The predicted molar refractivity (Wildman–Crippen MR) is 251 cm³/mol. The van der Waals surface area contributed by atoms with Crippen molar-refractivity contribution in [3.05, 3.63) is 192 Å². The number of rotatable bonds is 10. The molecule has 0 bridgehead atoms. The number of pyridine rings is 1. The summed E-state index contributed by atoms with van der Waals surface area (Å²) >= 11 is 0. The lowest BCUT2D eigenvalue weighted by Crippen LogP contribution is -2.14. The number of benzene rings is 5. The number of nitrogen functional groups attached to an aromatic ring is 1. The van der Waals surface area contributed by atoms with Gasteiger partial charge in [-0.05, 0) is 121 Å². The highest BCUT2D eigenvalue weighted by Gasteiger charge is 2.32. The molecule has 9 aromatic rings. The van der Waals surface area contributed by atoms with Crippen LogP contribution in [0.4, 0.5) is 55.3 Å². The van der Waals surface area contributed by atoms with Crippen LogP contribution in [0.15, 0.2) is 159 Å². The molecule has 0 atom stereocenters. The number of ether oxygens (including phenoxy) is 1. The number of amides is 2. The Balaban J connectivity index is 0.000000193. The van der Waals surface area contributed by atoms with Crippen LogP contribution in [0.3, 0.4) is 0 Å². The van der Waals surface area contributed by atoms with E-state index in [9.17, 15) is 35.9 Å². The fourth-order valence-electron chi connectivity index (χ4n) is 6.90. The molecule has 0 aliphatic rings. The van der Waals surface area contributed by atoms with Gasteiger partial charge in [0.1, 0.15) is 5.75 Å². The van der Waals surface area contributed by atoms with Crippen molar-refractivity contribution in [1.29, 1.82) is 0 Å². The van der Waals surface area contributed by atoms with Gasteiger partial charge in [0.25, 0.3) is 11.8 Å². The number of nitrogens with two attached hydrogens (primary N) is 1. The zero-order chi connectivity index (χ0) is 49.6. The van der Waals surface area contributed by atoms with Crippen LogP contribution < -0.4 is 26.4 Å². The molecule has 9 rings (SSSR count). The van der Waals surface area contributed by atoms with Crippen molar-refractivity contribution in [2.24, 2.45) is 0 Å². The van der Waals surface area contributed by atoms with Gasteiger partial charge in [-0.25, -0.2) is 19.9 Å². The first-order valence-corrected chi connectivity index (χ1v) is 20.9. The quantitative estimate of drug-likeness (QED) is 0.0955. The molecule has 70 heavy (non-hydrogen) atoms. The molecular weight excluding hydrogens is 917 g/mol. The Morgan fingerprint density at radius 1 is 0.686 bits per heavy atom. The lowest BCUT2D eigenvalue weighted by Gasteiger charge is -2.14. The molecule has 0 aliphatic heterocycles. The predicted octanol–water partition coefficient (Wildman–Crippen LogP) is 11.6. The Hall–Kier alpha value is -9.20. The smallest absolute Gasteiger partial charge is 0.416 e. The molecule has 0 spiro atoms. The summed E-state index contributed by atoms with van der Waals surface area (Å²) in [6.45, 7) is 3.58. The van der Waals surface area contributed by atoms with Gasteiger partial charge in [-0.1, -0.05) is 24.3 Å². The highest BCUT2D eigenvalue weighted by molar-refractivity contribution is 6.13. The maximum atomic E-state index is 13.6. The van der Waals surface area contributed by atoms with Crippen LogP contribution in [0.5, 0.6) is 11.6 Å². The van der Waals surface area contributed by atoms with Crippen LogP contribution >= 0.6 is 0 Å². The van der Waals surface area contributed by atoms with Gasteiger partial charge in [-0.15, -0.1) is 0 Å². The van der Waals surface area contributed by atoms with Gasteiger partial charge in [0.15, 0.2) is 0 Å². The van der Waals surface area contributed by atoms with E-state index in [-0.39, 0.29) is 34.5 Å². The van der Waals surface area contributed by atoms with E-state index in [0.717, 1.165) is 35.4 Å². The number of anilines is 5. The third-order valence-corrected chi connectivity index (χ3v) is 10.3. The van der Waals surface area contributed by atoms with Gasteiger partial charge in [0.2, 0.25) is 17.8 Å². The minimum absolute atomic E-state index is 0.00114. The third kappa shape index (κ3) is 11.7. The highest BCUT2D eigenvalue weighted by Crippen LogP contribution is 2.35. The van der Waals surface area contributed by atoms with Crippen molar-refractivity contribution in [3.63, 3.8) is 0 Å². The molecule has 4 aromatic heterocycles. The average Bonchev–Trinajstić information content (AvgIpc) is 3.78. The van der Waals surface area contributed by atoms with Crippen molar-refractivity contribution < 1.29 is 40.7 Å². The number of fused-ring (bicyclic) bond motifs is 1. The lowest BCUT2D eigenvalue weighted by molar-refractivity contribution is -0.138. The van der Waals surface area contributed by atoms with Gasteiger partial charge in [0.05, 0.1) is 28.8 Å². The molecule has 14 nitrogen and oxygen atoms in total. The van der Waals surface area contributed by atoms with Gasteiger partial charge >= 0.3 is 12.4 Å². The van der Waals surface area contributed by atoms with Crippen molar-refractivity contribution in [1.82, 2.24) is 34.5 Å². The number of nitrogens with zero attached hydrogens (tertiary/aromatic N) is 7. The fourth-order valence-corrected chi connectivity index (χ4v) is 6.90. The second kappa shape index (κ2) is 20.0. The summed E-state index contributed by atoms with van der Waals surface area (Å²) in [7, 11) is 0. The van der Waals surface area contributed by atoms with Crippen LogP contribution in [0.2, 0.25) is 0 Å². The van der Waals surface area contributed by atoms with Gasteiger partial charge in [-0.3, -0.25) is 14.6 Å². The number of halogens is 6. The largest absolute Gasteiger partial charge is 0.439 e. The number of imidazole rings is 1. The van der Waals surface area contributed by atoms with Crippen LogP contribution in [-0.2, 0) is 12.4 Å².